The first-order valence-corrected chi connectivity index (χ1v) is 5.83. The Labute approximate surface area is 109 Å². The lowest BCUT2D eigenvalue weighted by Crippen LogP contribution is -2.18. The number of hydrogen-bond donors (Lipinski definition) is 1. The molecule has 0 atom stereocenters. The molecule has 0 saturated carbocycles. The average Bonchev–Trinajstić information content (AvgIpc) is 2.85. The van der Waals surface area contributed by atoms with Gasteiger partial charge in [0.25, 0.3) is 0 Å². The van der Waals surface area contributed by atoms with Gasteiger partial charge in [-0.2, -0.15) is 0 Å². The Bertz CT molecular complexity index is 706. The molecule has 0 spiro atoms. The van der Waals surface area contributed by atoms with E-state index in [1.54, 1.807) is 0 Å². The fraction of sp³-hybridized carbons (Fsp3) is 0.167. The molecule has 0 bridgehead atoms. The zero-order chi connectivity index (χ0) is 13.2. The minimum Gasteiger partial charge on any atom is -0.399 e. The van der Waals surface area contributed by atoms with Crippen molar-refractivity contribution in [3.05, 3.63) is 42.0 Å². The van der Waals surface area contributed by atoms with Crippen LogP contribution in [0.25, 0.3) is 5.65 Å². The minimum absolute atomic E-state index is 0.626. The minimum atomic E-state index is 0.626. The largest absolute Gasteiger partial charge is 0.399 e. The predicted octanol–water partition coefficient (Wildman–Crippen LogP) is 0.738. The van der Waals surface area contributed by atoms with Crippen LogP contribution >= 0.6 is 0 Å². The summed E-state index contributed by atoms with van der Waals surface area (Å²) in [5, 5.41) is 15.5. The fourth-order valence-electron chi connectivity index (χ4n) is 1.89. The molecule has 0 unspecified atom stereocenters. The number of tetrazole rings is 1. The Balaban J connectivity index is 1.84. The van der Waals surface area contributed by atoms with Crippen LogP contribution in [0.15, 0.2) is 36.4 Å². The van der Waals surface area contributed by atoms with E-state index in [2.05, 4.69) is 20.6 Å². The van der Waals surface area contributed by atoms with E-state index in [0.717, 1.165) is 17.1 Å². The summed E-state index contributed by atoms with van der Waals surface area (Å²) in [5.74, 6) is 0.794. The molecule has 3 rings (SSSR count). The molecule has 0 saturated heterocycles. The number of nitrogens with two attached hydrogens (primary N) is 1. The monoisotopic (exact) mass is 255 g/mol. The number of nitrogen functional groups attached to an aromatic ring is 1. The van der Waals surface area contributed by atoms with Gasteiger partial charge >= 0.3 is 0 Å². The van der Waals surface area contributed by atoms with Crippen LogP contribution in [0.1, 0.15) is 5.56 Å². The molecule has 1 aromatic carbocycles. The van der Waals surface area contributed by atoms with Gasteiger partial charge in [-0.15, -0.1) is 14.8 Å². The van der Waals surface area contributed by atoms with Crippen molar-refractivity contribution in [2.24, 2.45) is 0 Å². The summed E-state index contributed by atoms with van der Waals surface area (Å²) in [6, 6.07) is 11.5. The van der Waals surface area contributed by atoms with Crippen LogP contribution in [0.4, 0.5) is 11.5 Å². The van der Waals surface area contributed by atoms with E-state index in [-0.39, 0.29) is 0 Å². The van der Waals surface area contributed by atoms with Crippen LogP contribution in [0.2, 0.25) is 0 Å². The number of hydrogen-bond acceptors (Lipinski definition) is 6. The van der Waals surface area contributed by atoms with Gasteiger partial charge in [0.05, 0.1) is 0 Å². The molecule has 0 fully saturated rings. The van der Waals surface area contributed by atoms with Gasteiger partial charge in [-0.1, -0.05) is 12.1 Å². The second-order valence-electron chi connectivity index (χ2n) is 4.32. The normalized spacial score (nSPS) is 10.8. The van der Waals surface area contributed by atoms with Gasteiger partial charge in [0, 0.05) is 19.3 Å². The predicted molar refractivity (Wildman–Crippen MR) is 71.5 cm³/mol. The molecule has 0 aliphatic carbocycles. The molecular weight excluding hydrogens is 242 g/mol. The van der Waals surface area contributed by atoms with Crippen molar-refractivity contribution < 1.29 is 0 Å². The summed E-state index contributed by atoms with van der Waals surface area (Å²) in [4.78, 5) is 2.01. The van der Waals surface area contributed by atoms with Crippen molar-refractivity contribution in [2.75, 3.05) is 17.7 Å². The molecule has 96 valence electrons. The second-order valence-corrected chi connectivity index (χ2v) is 4.32. The molecule has 2 heterocycles. The van der Waals surface area contributed by atoms with Gasteiger partial charge in [-0.3, -0.25) is 0 Å². The maximum absolute atomic E-state index is 5.77. The van der Waals surface area contributed by atoms with E-state index in [9.17, 15) is 0 Å². The van der Waals surface area contributed by atoms with E-state index < -0.39 is 0 Å². The van der Waals surface area contributed by atoms with E-state index in [1.807, 2.05) is 48.3 Å². The first-order valence-electron chi connectivity index (χ1n) is 5.83. The van der Waals surface area contributed by atoms with Gasteiger partial charge in [-0.05, 0) is 40.3 Å². The van der Waals surface area contributed by atoms with Crippen LogP contribution < -0.4 is 10.6 Å². The van der Waals surface area contributed by atoms with Crippen LogP contribution in [0.3, 0.4) is 0 Å². The second kappa shape index (κ2) is 4.52. The lowest BCUT2D eigenvalue weighted by Gasteiger charge is -2.17. The zero-order valence-corrected chi connectivity index (χ0v) is 10.4. The van der Waals surface area contributed by atoms with Crippen LogP contribution in [-0.2, 0) is 6.54 Å². The molecule has 0 aliphatic heterocycles. The summed E-state index contributed by atoms with van der Waals surface area (Å²) in [7, 11) is 1.96. The molecule has 2 N–H and O–H groups in total. The van der Waals surface area contributed by atoms with Crippen molar-refractivity contribution >= 4 is 17.2 Å². The molecule has 0 aliphatic rings. The van der Waals surface area contributed by atoms with Gasteiger partial charge < -0.3 is 10.6 Å². The Morgan fingerprint density at radius 3 is 3.00 bits per heavy atom. The molecule has 2 aromatic heterocycles. The van der Waals surface area contributed by atoms with Crippen LogP contribution in [0.5, 0.6) is 0 Å². The zero-order valence-electron chi connectivity index (χ0n) is 10.4. The molecule has 0 radical (unpaired) electrons. The number of anilines is 2. The summed E-state index contributed by atoms with van der Waals surface area (Å²) in [6.45, 7) is 0.714. The van der Waals surface area contributed by atoms with Crippen molar-refractivity contribution in [1.29, 1.82) is 0 Å². The highest BCUT2D eigenvalue weighted by Gasteiger charge is 2.06. The first kappa shape index (κ1) is 11.4. The third-order valence-electron chi connectivity index (χ3n) is 2.82. The van der Waals surface area contributed by atoms with Crippen LogP contribution in [-0.4, -0.2) is 32.3 Å². The van der Waals surface area contributed by atoms with Gasteiger partial charge in [0.1, 0.15) is 0 Å². The van der Waals surface area contributed by atoms with E-state index >= 15 is 0 Å². The Morgan fingerprint density at radius 1 is 1.26 bits per heavy atom. The van der Waals surface area contributed by atoms with Gasteiger partial charge in [-0.25, -0.2) is 0 Å². The Kier molecular flexibility index (Phi) is 2.71. The highest BCUT2D eigenvalue weighted by molar-refractivity contribution is 5.46. The first-order chi connectivity index (χ1) is 9.22. The fourth-order valence-corrected chi connectivity index (χ4v) is 1.89. The van der Waals surface area contributed by atoms with Crippen molar-refractivity contribution in [3.63, 3.8) is 0 Å². The number of benzene rings is 1. The van der Waals surface area contributed by atoms with Crippen molar-refractivity contribution in [3.8, 4) is 0 Å². The smallest absolute Gasteiger partial charge is 0.200 e. The Morgan fingerprint density at radius 2 is 2.16 bits per heavy atom. The van der Waals surface area contributed by atoms with Crippen molar-refractivity contribution in [1.82, 2.24) is 25.3 Å². The molecule has 7 nitrogen and oxygen atoms in total. The van der Waals surface area contributed by atoms with E-state index in [0.29, 0.717) is 12.2 Å². The van der Waals surface area contributed by atoms with Crippen molar-refractivity contribution in [2.45, 2.75) is 6.54 Å². The number of aromatic nitrogens is 5. The Hall–Kier alpha value is -2.70. The van der Waals surface area contributed by atoms with E-state index in [4.69, 9.17) is 5.73 Å². The average molecular weight is 255 g/mol. The SMILES string of the molecule is CN(Cc1cccc(N)c1)c1ccc2nnnn2n1. The lowest BCUT2D eigenvalue weighted by molar-refractivity contribution is 0.720. The molecule has 19 heavy (non-hydrogen) atoms. The summed E-state index contributed by atoms with van der Waals surface area (Å²) in [5.41, 5.74) is 8.28. The lowest BCUT2D eigenvalue weighted by atomic mass is 10.2. The summed E-state index contributed by atoms with van der Waals surface area (Å²) < 4.78 is 1.41. The number of fused-ring (bicyclic) bond motifs is 1. The number of rotatable bonds is 3. The third kappa shape index (κ3) is 2.30. The molecule has 0 amide bonds. The highest BCUT2D eigenvalue weighted by Crippen LogP contribution is 2.14. The topological polar surface area (TPSA) is 85.2 Å². The third-order valence-corrected chi connectivity index (χ3v) is 2.82. The van der Waals surface area contributed by atoms with Gasteiger partial charge in [0.15, 0.2) is 11.5 Å². The maximum Gasteiger partial charge on any atom is 0.200 e. The molecular formula is C12H13N7. The highest BCUT2D eigenvalue weighted by atomic mass is 15.6. The molecule has 3 aromatic rings. The molecule has 7 heteroatoms. The maximum atomic E-state index is 5.77. The summed E-state index contributed by atoms with van der Waals surface area (Å²) >= 11 is 0. The number of nitrogens with zero attached hydrogens (tertiary/aromatic N) is 6. The van der Waals surface area contributed by atoms with Crippen LogP contribution in [0, 0.1) is 0 Å². The quantitative estimate of drug-likeness (QED) is 0.695. The van der Waals surface area contributed by atoms with Gasteiger partial charge in [0.2, 0.25) is 0 Å². The van der Waals surface area contributed by atoms with E-state index in [1.165, 1.54) is 4.63 Å². The summed E-state index contributed by atoms with van der Waals surface area (Å²) in [6.07, 6.45) is 0. The standard InChI is InChI=1S/C12H13N7/c1-18(8-9-3-2-4-10(13)7-9)12-6-5-11-14-16-17-19(11)15-12/h2-7H,8,13H2,1H3.